The van der Waals surface area contributed by atoms with Crippen molar-refractivity contribution in [1.82, 2.24) is 5.01 Å². The van der Waals surface area contributed by atoms with Crippen molar-refractivity contribution in [3.8, 4) is 5.75 Å². The molecule has 1 heterocycles. The van der Waals surface area contributed by atoms with Crippen LogP contribution < -0.4 is 10.1 Å². The Labute approximate surface area is 183 Å². The number of methoxy groups -OCH3 is 1. The molecule has 0 saturated heterocycles. The third-order valence-corrected chi connectivity index (χ3v) is 5.74. The first kappa shape index (κ1) is 20.8. The number of carbonyl (C=O) groups excluding carboxylic acids is 1. The van der Waals surface area contributed by atoms with Gasteiger partial charge in [-0.3, -0.25) is 4.79 Å². The predicted octanol–water partition coefficient (Wildman–Crippen LogP) is 3.70. The van der Waals surface area contributed by atoms with Crippen molar-refractivity contribution < 1.29 is 14.8 Å². The smallest absolute Gasteiger partial charge is 0.298 e. The molecule has 0 spiro atoms. The van der Waals surface area contributed by atoms with Gasteiger partial charge in [0.15, 0.2) is 6.54 Å². The lowest BCUT2D eigenvalue weighted by Crippen LogP contribution is -2.86. The molecule has 3 aromatic carbocycles. The maximum Gasteiger partial charge on any atom is 0.298 e. The number of hydrogen-bond donors (Lipinski definition) is 1. The molecule has 2 atom stereocenters. The van der Waals surface area contributed by atoms with Gasteiger partial charge < -0.3 is 10.1 Å². The highest BCUT2D eigenvalue weighted by Crippen LogP contribution is 2.33. The van der Waals surface area contributed by atoms with E-state index in [-0.39, 0.29) is 18.0 Å². The number of hydrazone groups is 1. The Morgan fingerprint density at radius 2 is 1.68 bits per heavy atom. The Balaban J connectivity index is 1.54. The summed E-state index contributed by atoms with van der Waals surface area (Å²) >= 11 is 0. The van der Waals surface area contributed by atoms with E-state index in [1.807, 2.05) is 72.8 Å². The predicted molar refractivity (Wildman–Crippen MR) is 122 cm³/mol. The maximum absolute atomic E-state index is 13.2. The van der Waals surface area contributed by atoms with Crippen LogP contribution in [-0.2, 0) is 4.79 Å². The summed E-state index contributed by atoms with van der Waals surface area (Å²) in [7, 11) is 1.65. The number of hydrogen-bond acceptors (Lipinski definition) is 3. The van der Waals surface area contributed by atoms with Gasteiger partial charge in [0.1, 0.15) is 11.8 Å². The standard InChI is InChI=1S/C26H27N3O2/c1-19(20-9-5-3-6-10-20)27-18-26(30)29-25(22-13-15-23(31-2)16-14-22)17-24(28-29)21-11-7-4-8-12-21/h3-16,19,25,27H,17-18H2,1-2H3/p+1/t19-,25-/m0/s1. The molecule has 1 amide bonds. The first-order chi connectivity index (χ1) is 15.2. The molecule has 0 bridgehead atoms. The van der Waals surface area contributed by atoms with Crippen LogP contribution in [0, 0.1) is 0 Å². The molecular weight excluding hydrogens is 386 g/mol. The van der Waals surface area contributed by atoms with Gasteiger partial charge in [-0.2, -0.15) is 5.10 Å². The molecule has 1 aliphatic rings. The number of nitrogens with two attached hydrogens (primary N) is 1. The fourth-order valence-electron chi connectivity index (χ4n) is 3.89. The van der Waals surface area contributed by atoms with E-state index in [0.717, 1.165) is 22.6 Å². The maximum atomic E-state index is 13.2. The number of ether oxygens (including phenoxy) is 1. The van der Waals surface area contributed by atoms with Crippen molar-refractivity contribution in [3.05, 3.63) is 102 Å². The van der Waals surface area contributed by atoms with Crippen molar-refractivity contribution in [2.24, 2.45) is 5.10 Å². The molecule has 2 N–H and O–H groups in total. The van der Waals surface area contributed by atoms with Crippen LogP contribution in [0.25, 0.3) is 0 Å². The lowest BCUT2D eigenvalue weighted by atomic mass is 9.98. The second-order valence-electron chi connectivity index (χ2n) is 7.78. The van der Waals surface area contributed by atoms with E-state index in [9.17, 15) is 4.79 Å². The minimum atomic E-state index is -0.117. The number of carbonyl (C=O) groups is 1. The normalized spacial score (nSPS) is 16.6. The summed E-state index contributed by atoms with van der Waals surface area (Å²) < 4.78 is 5.29. The lowest BCUT2D eigenvalue weighted by Gasteiger charge is -2.22. The van der Waals surface area contributed by atoms with Gasteiger partial charge >= 0.3 is 0 Å². The second kappa shape index (κ2) is 9.58. The van der Waals surface area contributed by atoms with Crippen LogP contribution in [0.2, 0.25) is 0 Å². The van der Waals surface area contributed by atoms with Crippen LogP contribution in [0.5, 0.6) is 5.75 Å². The summed E-state index contributed by atoms with van der Waals surface area (Å²) in [6.07, 6.45) is 0.691. The summed E-state index contributed by atoms with van der Waals surface area (Å²) in [6.45, 7) is 2.46. The average molecular weight is 415 g/mol. The molecule has 1 aliphatic heterocycles. The van der Waals surface area contributed by atoms with Crippen LogP contribution in [-0.4, -0.2) is 30.3 Å². The van der Waals surface area contributed by atoms with Crippen LogP contribution >= 0.6 is 0 Å². The Morgan fingerprint density at radius 3 is 2.32 bits per heavy atom. The average Bonchev–Trinajstić information content (AvgIpc) is 3.29. The van der Waals surface area contributed by atoms with E-state index in [1.54, 1.807) is 12.1 Å². The molecule has 4 rings (SSSR count). The van der Waals surface area contributed by atoms with Gasteiger partial charge in [0.05, 0.1) is 18.9 Å². The van der Waals surface area contributed by atoms with E-state index in [2.05, 4.69) is 24.4 Å². The van der Waals surface area contributed by atoms with Crippen molar-refractivity contribution in [1.29, 1.82) is 0 Å². The van der Waals surface area contributed by atoms with Gasteiger partial charge in [0.25, 0.3) is 5.91 Å². The number of benzene rings is 3. The summed E-state index contributed by atoms with van der Waals surface area (Å²) in [5.74, 6) is 0.809. The van der Waals surface area contributed by atoms with Gasteiger partial charge in [0, 0.05) is 12.0 Å². The van der Waals surface area contributed by atoms with Crippen molar-refractivity contribution >= 4 is 11.6 Å². The Morgan fingerprint density at radius 1 is 1.03 bits per heavy atom. The summed E-state index contributed by atoms with van der Waals surface area (Å²) in [6, 6.07) is 28.3. The molecule has 0 radical (unpaired) electrons. The van der Waals surface area contributed by atoms with Gasteiger partial charge in [-0.15, -0.1) is 0 Å². The van der Waals surface area contributed by atoms with Crippen molar-refractivity contribution in [2.45, 2.75) is 25.4 Å². The Bertz CT molecular complexity index is 1030. The quantitative estimate of drug-likeness (QED) is 0.641. The third-order valence-electron chi connectivity index (χ3n) is 5.74. The minimum Gasteiger partial charge on any atom is -0.497 e. The molecule has 158 valence electrons. The summed E-state index contributed by atoms with van der Waals surface area (Å²) in [5, 5.41) is 8.49. The van der Waals surface area contributed by atoms with Gasteiger partial charge in [-0.1, -0.05) is 72.8 Å². The number of rotatable bonds is 7. The molecule has 5 heteroatoms. The topological polar surface area (TPSA) is 58.5 Å². The number of amides is 1. The second-order valence-corrected chi connectivity index (χ2v) is 7.78. The van der Waals surface area contributed by atoms with Crippen LogP contribution in [0.15, 0.2) is 90.0 Å². The van der Waals surface area contributed by atoms with E-state index in [1.165, 1.54) is 5.56 Å². The zero-order valence-corrected chi connectivity index (χ0v) is 17.9. The van der Waals surface area contributed by atoms with Gasteiger partial charge in [-0.05, 0) is 30.2 Å². The molecular formula is C26H28N3O2+. The number of nitrogens with zero attached hydrogens (tertiary/aromatic N) is 2. The van der Waals surface area contributed by atoms with E-state index >= 15 is 0 Å². The van der Waals surface area contributed by atoms with Crippen LogP contribution in [0.4, 0.5) is 0 Å². The summed E-state index contributed by atoms with van der Waals surface area (Å²) in [4.78, 5) is 13.2. The zero-order valence-electron chi connectivity index (χ0n) is 17.9. The molecule has 0 aliphatic carbocycles. The van der Waals surface area contributed by atoms with Gasteiger partial charge in [-0.25, -0.2) is 5.01 Å². The molecule has 0 aromatic heterocycles. The van der Waals surface area contributed by atoms with E-state index in [4.69, 9.17) is 9.84 Å². The highest BCUT2D eigenvalue weighted by Gasteiger charge is 2.33. The molecule has 3 aromatic rings. The fraction of sp³-hybridized carbons (Fsp3) is 0.231. The Hall–Kier alpha value is -3.44. The van der Waals surface area contributed by atoms with Crippen molar-refractivity contribution in [2.75, 3.05) is 13.7 Å². The van der Waals surface area contributed by atoms with E-state index in [0.29, 0.717) is 13.0 Å². The molecule has 0 saturated carbocycles. The molecule has 0 unspecified atom stereocenters. The molecule has 31 heavy (non-hydrogen) atoms. The summed E-state index contributed by atoms with van der Waals surface area (Å²) in [5.41, 5.74) is 4.25. The monoisotopic (exact) mass is 414 g/mol. The first-order valence-corrected chi connectivity index (χ1v) is 10.6. The fourth-order valence-corrected chi connectivity index (χ4v) is 3.89. The van der Waals surface area contributed by atoms with Crippen LogP contribution in [0.3, 0.4) is 0 Å². The third kappa shape index (κ3) is 4.84. The molecule has 0 fully saturated rings. The Kier molecular flexibility index (Phi) is 6.43. The first-order valence-electron chi connectivity index (χ1n) is 10.6. The number of quaternary nitrogens is 1. The SMILES string of the molecule is COc1ccc([C@@H]2CC(c3ccccc3)=NN2C(=O)C[NH2+][C@@H](C)c2ccccc2)cc1. The zero-order chi connectivity index (χ0) is 21.6. The van der Waals surface area contributed by atoms with Crippen LogP contribution in [0.1, 0.15) is 42.1 Å². The van der Waals surface area contributed by atoms with Crippen molar-refractivity contribution in [3.63, 3.8) is 0 Å². The van der Waals surface area contributed by atoms with E-state index < -0.39 is 0 Å². The largest absolute Gasteiger partial charge is 0.497 e. The lowest BCUT2D eigenvalue weighted by molar-refractivity contribution is -0.683. The van der Waals surface area contributed by atoms with Gasteiger partial charge in [0.2, 0.25) is 0 Å². The highest BCUT2D eigenvalue weighted by molar-refractivity contribution is 6.03. The molecule has 5 nitrogen and oxygen atoms in total. The minimum absolute atomic E-state index is 0.00882. The highest BCUT2D eigenvalue weighted by atomic mass is 16.5.